The van der Waals surface area contributed by atoms with Gasteiger partial charge in [-0.05, 0) is 31.7 Å². The van der Waals surface area contributed by atoms with Gasteiger partial charge in [-0.2, -0.15) is 0 Å². The Morgan fingerprint density at radius 2 is 2.00 bits per heavy atom. The number of hydrogen-bond donors (Lipinski definition) is 1. The molecule has 1 aliphatic heterocycles. The van der Waals surface area contributed by atoms with E-state index < -0.39 is 0 Å². The van der Waals surface area contributed by atoms with E-state index in [1.165, 1.54) is 19.6 Å². The third-order valence-electron chi connectivity index (χ3n) is 4.51. The third kappa shape index (κ3) is 5.92. The summed E-state index contributed by atoms with van der Waals surface area (Å²) < 4.78 is 9.52. The third-order valence-corrected chi connectivity index (χ3v) is 4.51. The predicted octanol–water partition coefficient (Wildman–Crippen LogP) is 1.98. The zero-order chi connectivity index (χ0) is 18.1. The van der Waals surface area contributed by atoms with Gasteiger partial charge in [-0.1, -0.05) is 6.42 Å². The minimum atomic E-state index is -0.194. The van der Waals surface area contributed by atoms with Crippen molar-refractivity contribution >= 4 is 17.8 Å². The quantitative estimate of drug-likeness (QED) is 0.572. The molecule has 0 spiro atoms. The Morgan fingerprint density at radius 1 is 1.24 bits per heavy atom. The Labute approximate surface area is 147 Å². The molecule has 1 aromatic heterocycles. The van der Waals surface area contributed by atoms with Crippen molar-refractivity contribution in [3.63, 3.8) is 0 Å². The maximum absolute atomic E-state index is 12.2. The summed E-state index contributed by atoms with van der Waals surface area (Å²) in [5, 5.41) is 2.95. The van der Waals surface area contributed by atoms with Gasteiger partial charge >= 0.3 is 5.97 Å². The summed E-state index contributed by atoms with van der Waals surface area (Å²) >= 11 is 0. The first kappa shape index (κ1) is 19.0. The zero-order valence-corrected chi connectivity index (χ0v) is 14.7. The number of likely N-dealkylation sites (tertiary alicyclic amines) is 1. The highest BCUT2D eigenvalue weighted by molar-refractivity contribution is 5.94. The van der Waals surface area contributed by atoms with E-state index in [4.69, 9.17) is 4.42 Å². The average Bonchev–Trinajstić information content (AvgIpc) is 3.18. The van der Waals surface area contributed by atoms with Gasteiger partial charge in [0.25, 0.3) is 5.91 Å². The molecule has 138 valence electrons. The van der Waals surface area contributed by atoms with Crippen LogP contribution in [0.5, 0.6) is 0 Å². The summed E-state index contributed by atoms with van der Waals surface area (Å²) in [6.45, 7) is 1.79. The normalized spacial score (nSPS) is 15.0. The number of rotatable bonds is 8. The number of piperidine rings is 1. The molecule has 2 rings (SSSR count). The number of methoxy groups -OCH3 is 1. The molecule has 1 aliphatic rings. The summed E-state index contributed by atoms with van der Waals surface area (Å²) in [6, 6.07) is 1.65. The summed E-state index contributed by atoms with van der Waals surface area (Å²) in [5.74, 6) is -0.217. The Balaban J connectivity index is 1.59. The van der Waals surface area contributed by atoms with Gasteiger partial charge in [0.15, 0.2) is 0 Å². The molecule has 0 aliphatic carbocycles. The summed E-state index contributed by atoms with van der Waals surface area (Å²) in [7, 11) is 1.39. The van der Waals surface area contributed by atoms with Crippen molar-refractivity contribution in [2.75, 3.05) is 26.7 Å². The number of carbonyl (C=O) groups excluding carboxylic acids is 3. The maximum Gasteiger partial charge on any atom is 0.305 e. The highest BCUT2D eigenvalue weighted by atomic mass is 16.5. The van der Waals surface area contributed by atoms with E-state index in [9.17, 15) is 14.4 Å². The fourth-order valence-electron chi connectivity index (χ4n) is 2.94. The van der Waals surface area contributed by atoms with Crippen molar-refractivity contribution in [3.8, 4) is 0 Å². The number of nitrogens with one attached hydrogen (secondary N) is 1. The molecule has 7 nitrogen and oxygen atoms in total. The molecule has 25 heavy (non-hydrogen) atoms. The van der Waals surface area contributed by atoms with Crippen LogP contribution in [0.2, 0.25) is 0 Å². The topological polar surface area (TPSA) is 88.9 Å². The largest absolute Gasteiger partial charge is 0.472 e. The molecule has 1 N–H and O–H groups in total. The molecule has 1 aromatic rings. The van der Waals surface area contributed by atoms with Crippen LogP contribution in [0, 0.1) is 5.92 Å². The monoisotopic (exact) mass is 350 g/mol. The van der Waals surface area contributed by atoms with Gasteiger partial charge < -0.3 is 19.4 Å². The van der Waals surface area contributed by atoms with Gasteiger partial charge in [-0.15, -0.1) is 0 Å². The van der Waals surface area contributed by atoms with E-state index in [2.05, 4.69) is 10.1 Å². The predicted molar refractivity (Wildman–Crippen MR) is 90.8 cm³/mol. The van der Waals surface area contributed by atoms with E-state index in [0.29, 0.717) is 44.5 Å². The van der Waals surface area contributed by atoms with Crippen molar-refractivity contribution in [2.24, 2.45) is 5.92 Å². The van der Waals surface area contributed by atoms with Crippen molar-refractivity contribution in [1.82, 2.24) is 10.2 Å². The molecular formula is C18H26N2O5. The molecular weight excluding hydrogens is 324 g/mol. The van der Waals surface area contributed by atoms with Crippen molar-refractivity contribution in [1.29, 1.82) is 0 Å². The smallest absolute Gasteiger partial charge is 0.305 e. The van der Waals surface area contributed by atoms with Crippen LogP contribution in [0.25, 0.3) is 0 Å². The Hall–Kier alpha value is -2.31. The number of nitrogens with zero attached hydrogens (tertiary/aromatic N) is 1. The SMILES string of the molecule is COC(=O)CCCCCNC(=O)C1CCN(C(=O)c2ccoc2)CC1. The first-order valence-corrected chi connectivity index (χ1v) is 8.78. The molecule has 1 fully saturated rings. The number of unbranched alkanes of at least 4 members (excludes halogenated alkanes) is 2. The molecule has 0 atom stereocenters. The fraction of sp³-hybridized carbons (Fsp3) is 0.611. The van der Waals surface area contributed by atoms with Gasteiger partial charge in [0.2, 0.25) is 5.91 Å². The maximum atomic E-state index is 12.2. The van der Waals surface area contributed by atoms with Crippen LogP contribution in [-0.2, 0) is 14.3 Å². The summed E-state index contributed by atoms with van der Waals surface area (Å²) in [4.78, 5) is 37.1. The highest BCUT2D eigenvalue weighted by Crippen LogP contribution is 2.19. The van der Waals surface area contributed by atoms with Gasteiger partial charge in [-0.25, -0.2) is 0 Å². The Kier molecular flexibility index (Phi) is 7.50. The molecule has 2 amide bonds. The number of hydrogen-bond acceptors (Lipinski definition) is 5. The number of carbonyl (C=O) groups is 3. The highest BCUT2D eigenvalue weighted by Gasteiger charge is 2.27. The van der Waals surface area contributed by atoms with Crippen LogP contribution in [-0.4, -0.2) is 49.4 Å². The van der Waals surface area contributed by atoms with Gasteiger partial charge in [-0.3, -0.25) is 14.4 Å². The van der Waals surface area contributed by atoms with Crippen molar-refractivity contribution < 1.29 is 23.5 Å². The van der Waals surface area contributed by atoms with E-state index in [1.807, 2.05) is 0 Å². The van der Waals surface area contributed by atoms with E-state index in [-0.39, 0.29) is 23.7 Å². The molecule has 0 aromatic carbocycles. The first-order chi connectivity index (χ1) is 12.1. The average molecular weight is 350 g/mol. The molecule has 0 saturated carbocycles. The fourth-order valence-corrected chi connectivity index (χ4v) is 2.94. The van der Waals surface area contributed by atoms with Gasteiger partial charge in [0, 0.05) is 32.0 Å². The number of furan rings is 1. The van der Waals surface area contributed by atoms with Crippen LogP contribution < -0.4 is 5.32 Å². The number of amides is 2. The van der Waals surface area contributed by atoms with Crippen molar-refractivity contribution in [3.05, 3.63) is 24.2 Å². The lowest BCUT2D eigenvalue weighted by molar-refractivity contribution is -0.140. The lowest BCUT2D eigenvalue weighted by atomic mass is 9.95. The molecule has 7 heteroatoms. The Bertz CT molecular complexity index is 562. The van der Waals surface area contributed by atoms with Crippen LogP contribution in [0.4, 0.5) is 0 Å². The number of esters is 1. The lowest BCUT2D eigenvalue weighted by Crippen LogP contribution is -2.43. The Morgan fingerprint density at radius 3 is 2.64 bits per heavy atom. The standard InChI is InChI=1S/C18H26N2O5/c1-24-16(21)5-3-2-4-9-19-17(22)14-6-10-20(11-7-14)18(23)15-8-12-25-13-15/h8,12-14H,2-7,9-11H2,1H3,(H,19,22). The van der Waals surface area contributed by atoms with E-state index in [1.54, 1.807) is 11.0 Å². The molecule has 0 unspecified atom stereocenters. The first-order valence-electron chi connectivity index (χ1n) is 8.78. The molecule has 0 radical (unpaired) electrons. The van der Waals surface area contributed by atoms with Gasteiger partial charge in [0.05, 0.1) is 18.9 Å². The molecule has 2 heterocycles. The van der Waals surface area contributed by atoms with Crippen LogP contribution in [0.3, 0.4) is 0 Å². The van der Waals surface area contributed by atoms with Crippen molar-refractivity contribution in [2.45, 2.75) is 38.5 Å². The minimum absolute atomic E-state index is 0.0385. The molecule has 1 saturated heterocycles. The number of ether oxygens (including phenoxy) is 1. The molecule has 0 bridgehead atoms. The van der Waals surface area contributed by atoms with Gasteiger partial charge in [0.1, 0.15) is 6.26 Å². The van der Waals surface area contributed by atoms with E-state index >= 15 is 0 Å². The zero-order valence-electron chi connectivity index (χ0n) is 14.7. The lowest BCUT2D eigenvalue weighted by Gasteiger charge is -2.31. The second kappa shape index (κ2) is 9.86. The van der Waals surface area contributed by atoms with Crippen LogP contribution in [0.1, 0.15) is 48.9 Å². The second-order valence-corrected chi connectivity index (χ2v) is 6.26. The van der Waals surface area contributed by atoms with Crippen LogP contribution >= 0.6 is 0 Å². The minimum Gasteiger partial charge on any atom is -0.472 e. The summed E-state index contributed by atoms with van der Waals surface area (Å²) in [5.41, 5.74) is 0.551. The second-order valence-electron chi connectivity index (χ2n) is 6.26. The van der Waals surface area contributed by atoms with E-state index in [0.717, 1.165) is 19.3 Å². The summed E-state index contributed by atoms with van der Waals surface area (Å²) in [6.07, 6.45) is 7.22. The van der Waals surface area contributed by atoms with Crippen LogP contribution in [0.15, 0.2) is 23.0 Å².